The van der Waals surface area contributed by atoms with Crippen molar-refractivity contribution in [3.05, 3.63) is 39.4 Å². The van der Waals surface area contributed by atoms with E-state index in [9.17, 15) is 31.1 Å². The molecule has 0 bridgehead atoms. The monoisotopic (exact) mass is 362 g/mol. The quantitative estimate of drug-likeness (QED) is 0.617. The predicted molar refractivity (Wildman–Crippen MR) is 60.8 cm³/mol. The second kappa shape index (κ2) is 5.47. The number of carboxylic acids is 1. The van der Waals surface area contributed by atoms with Crippen LogP contribution in [-0.4, -0.2) is 11.1 Å². The highest BCUT2D eigenvalue weighted by atomic mass is 79.9. The molecule has 0 fully saturated rings. The van der Waals surface area contributed by atoms with Crippen molar-refractivity contribution in [2.24, 2.45) is 0 Å². The third-order valence-corrected chi connectivity index (χ3v) is 2.81. The van der Waals surface area contributed by atoms with E-state index in [1.165, 1.54) is 0 Å². The van der Waals surface area contributed by atoms with Gasteiger partial charge in [0.2, 0.25) is 0 Å². The number of halogens is 7. The third kappa shape index (κ3) is 3.99. The summed E-state index contributed by atoms with van der Waals surface area (Å²) >= 11 is 2.59. The number of hydrogen-bond acceptors (Lipinski definition) is 1. The Morgan fingerprint density at radius 2 is 1.65 bits per heavy atom. The van der Waals surface area contributed by atoms with E-state index >= 15 is 0 Å². The number of hydrogen-bond donors (Lipinski definition) is 1. The zero-order valence-electron chi connectivity index (χ0n) is 9.31. The molecule has 0 aliphatic rings. The summed E-state index contributed by atoms with van der Waals surface area (Å²) in [6.45, 7) is 0. The zero-order chi connectivity index (χ0) is 15.7. The molecule has 110 valence electrons. The van der Waals surface area contributed by atoms with Gasteiger partial charge in [-0.25, -0.2) is 4.79 Å². The number of rotatable bonds is 2. The van der Waals surface area contributed by atoms with Crippen LogP contribution in [0.1, 0.15) is 16.7 Å². The van der Waals surface area contributed by atoms with Crippen molar-refractivity contribution in [3.8, 4) is 0 Å². The van der Waals surface area contributed by atoms with Crippen LogP contribution in [0.4, 0.5) is 26.3 Å². The lowest BCUT2D eigenvalue weighted by Crippen LogP contribution is -2.13. The zero-order valence-corrected chi connectivity index (χ0v) is 10.9. The van der Waals surface area contributed by atoms with Crippen LogP contribution < -0.4 is 0 Å². The Kier molecular flexibility index (Phi) is 4.52. The van der Waals surface area contributed by atoms with Gasteiger partial charge in [0, 0.05) is 16.1 Å². The maximum absolute atomic E-state index is 12.8. The SMILES string of the molecule is O=C(O)/C=C/c1c(Br)cc(C(F)(F)F)cc1C(F)(F)F. The first kappa shape index (κ1) is 16.5. The number of benzene rings is 1. The molecule has 20 heavy (non-hydrogen) atoms. The largest absolute Gasteiger partial charge is 0.478 e. The van der Waals surface area contributed by atoms with E-state index in [0.29, 0.717) is 18.2 Å². The van der Waals surface area contributed by atoms with E-state index in [1.807, 2.05) is 0 Å². The summed E-state index contributed by atoms with van der Waals surface area (Å²) in [4.78, 5) is 10.3. The molecule has 0 aliphatic heterocycles. The molecule has 0 aliphatic carbocycles. The van der Waals surface area contributed by atoms with Crippen LogP contribution in [0.3, 0.4) is 0 Å². The van der Waals surface area contributed by atoms with Crippen molar-refractivity contribution in [2.45, 2.75) is 12.4 Å². The number of carboxylic acid groups (broad SMARTS) is 1. The molecule has 0 radical (unpaired) electrons. The van der Waals surface area contributed by atoms with Crippen LogP contribution in [0.5, 0.6) is 0 Å². The Morgan fingerprint density at radius 1 is 1.10 bits per heavy atom. The number of aliphatic carboxylic acids is 1. The van der Waals surface area contributed by atoms with E-state index in [1.54, 1.807) is 0 Å². The Hall–Kier alpha value is -1.51. The highest BCUT2D eigenvalue weighted by Crippen LogP contribution is 2.40. The molecule has 1 aromatic carbocycles. The van der Waals surface area contributed by atoms with Gasteiger partial charge in [0.05, 0.1) is 11.1 Å². The van der Waals surface area contributed by atoms with E-state index in [-0.39, 0.29) is 6.07 Å². The van der Waals surface area contributed by atoms with E-state index in [4.69, 9.17) is 5.11 Å². The number of carbonyl (C=O) groups is 1. The molecule has 0 spiro atoms. The van der Waals surface area contributed by atoms with Crippen molar-refractivity contribution in [1.29, 1.82) is 0 Å². The average Bonchev–Trinajstić information content (AvgIpc) is 2.23. The molecule has 2 nitrogen and oxygen atoms in total. The van der Waals surface area contributed by atoms with Gasteiger partial charge in [-0.3, -0.25) is 0 Å². The Labute approximate surface area is 116 Å². The Morgan fingerprint density at radius 3 is 2.05 bits per heavy atom. The molecule has 1 rings (SSSR count). The van der Waals surface area contributed by atoms with Crippen molar-refractivity contribution >= 4 is 28.0 Å². The predicted octanol–water partition coefficient (Wildman–Crippen LogP) is 4.58. The van der Waals surface area contributed by atoms with Crippen molar-refractivity contribution in [1.82, 2.24) is 0 Å². The summed E-state index contributed by atoms with van der Waals surface area (Å²) < 4.78 is 75.2. The molecule has 0 saturated carbocycles. The molecular weight excluding hydrogens is 358 g/mol. The maximum Gasteiger partial charge on any atom is 0.417 e. The molecule has 0 heterocycles. The fraction of sp³-hybridized carbons (Fsp3) is 0.182. The van der Waals surface area contributed by atoms with Gasteiger partial charge in [-0.2, -0.15) is 26.3 Å². The molecular formula is C11H5BrF6O2. The van der Waals surface area contributed by atoms with Gasteiger partial charge in [-0.1, -0.05) is 15.9 Å². The highest BCUT2D eigenvalue weighted by molar-refractivity contribution is 9.10. The molecule has 9 heteroatoms. The van der Waals surface area contributed by atoms with Gasteiger partial charge in [0.1, 0.15) is 0 Å². The fourth-order valence-corrected chi connectivity index (χ4v) is 1.93. The second-order valence-corrected chi connectivity index (χ2v) is 4.44. The second-order valence-electron chi connectivity index (χ2n) is 3.59. The lowest BCUT2D eigenvalue weighted by molar-refractivity contribution is -0.143. The Balaban J connectivity index is 3.56. The summed E-state index contributed by atoms with van der Waals surface area (Å²) in [5, 5.41) is 8.38. The van der Waals surface area contributed by atoms with Gasteiger partial charge in [-0.05, 0) is 18.2 Å². The van der Waals surface area contributed by atoms with Gasteiger partial charge in [0.25, 0.3) is 0 Å². The van der Waals surface area contributed by atoms with Crippen LogP contribution in [0.15, 0.2) is 22.7 Å². The van der Waals surface area contributed by atoms with Crippen LogP contribution in [0.2, 0.25) is 0 Å². The normalized spacial score (nSPS) is 12.9. The maximum atomic E-state index is 12.8. The average molecular weight is 363 g/mol. The minimum atomic E-state index is -5.05. The minimum Gasteiger partial charge on any atom is -0.478 e. The van der Waals surface area contributed by atoms with Gasteiger partial charge >= 0.3 is 18.3 Å². The molecule has 0 unspecified atom stereocenters. The first-order chi connectivity index (χ1) is 8.93. The third-order valence-electron chi connectivity index (χ3n) is 2.15. The molecule has 0 aromatic heterocycles. The van der Waals surface area contributed by atoms with Crippen LogP contribution in [-0.2, 0) is 17.1 Å². The van der Waals surface area contributed by atoms with E-state index in [0.717, 1.165) is 0 Å². The summed E-state index contributed by atoms with van der Waals surface area (Å²) in [6, 6.07) is 0.392. The standard InChI is InChI=1S/C11H5BrF6O2/c12-8-4-5(10(13,14)15)3-7(11(16,17)18)6(8)1-2-9(19)20/h1-4H,(H,19,20)/b2-1+. The number of alkyl halides is 6. The first-order valence-corrected chi connectivity index (χ1v) is 5.61. The molecule has 1 aromatic rings. The fourth-order valence-electron chi connectivity index (χ4n) is 1.34. The van der Waals surface area contributed by atoms with Gasteiger partial charge in [-0.15, -0.1) is 0 Å². The lowest BCUT2D eigenvalue weighted by atomic mass is 10.0. The smallest absolute Gasteiger partial charge is 0.417 e. The first-order valence-electron chi connectivity index (χ1n) is 4.82. The van der Waals surface area contributed by atoms with Gasteiger partial charge in [0.15, 0.2) is 0 Å². The highest BCUT2D eigenvalue weighted by Gasteiger charge is 2.38. The Bertz CT molecular complexity index is 559. The molecule has 0 atom stereocenters. The van der Waals surface area contributed by atoms with Crippen LogP contribution in [0.25, 0.3) is 6.08 Å². The minimum absolute atomic E-state index is 0.0632. The topological polar surface area (TPSA) is 37.3 Å². The molecule has 0 saturated heterocycles. The summed E-state index contributed by atoms with van der Waals surface area (Å²) in [6.07, 6.45) is -9.02. The van der Waals surface area contributed by atoms with E-state index < -0.39 is 39.5 Å². The van der Waals surface area contributed by atoms with E-state index in [2.05, 4.69) is 15.9 Å². The van der Waals surface area contributed by atoms with Gasteiger partial charge < -0.3 is 5.11 Å². The lowest BCUT2D eigenvalue weighted by Gasteiger charge is -2.15. The summed E-state index contributed by atoms with van der Waals surface area (Å²) in [5.41, 5.74) is -3.74. The van der Waals surface area contributed by atoms with Crippen LogP contribution in [0, 0.1) is 0 Å². The summed E-state index contributed by atoms with van der Waals surface area (Å²) in [7, 11) is 0. The van der Waals surface area contributed by atoms with Crippen molar-refractivity contribution in [2.75, 3.05) is 0 Å². The molecule has 0 amide bonds. The summed E-state index contributed by atoms with van der Waals surface area (Å²) in [5.74, 6) is -1.52. The van der Waals surface area contributed by atoms with Crippen molar-refractivity contribution in [3.63, 3.8) is 0 Å². The van der Waals surface area contributed by atoms with Crippen molar-refractivity contribution < 1.29 is 36.2 Å². The van der Waals surface area contributed by atoms with Crippen LogP contribution >= 0.6 is 15.9 Å². The molecule has 1 N–H and O–H groups in total.